The Kier molecular flexibility index (Phi) is 5.55. The zero-order chi connectivity index (χ0) is 24.0. The van der Waals surface area contributed by atoms with E-state index in [1.807, 2.05) is 0 Å². The number of fused-ring (bicyclic) bond motifs is 2. The fourth-order valence-electron chi connectivity index (χ4n) is 3.69. The van der Waals surface area contributed by atoms with E-state index in [0.29, 0.717) is 49.2 Å². The van der Waals surface area contributed by atoms with E-state index in [4.69, 9.17) is 41.8 Å². The average Bonchev–Trinajstić information content (AvgIpc) is 3.39. The van der Waals surface area contributed by atoms with Crippen LogP contribution in [0.25, 0.3) is 17.0 Å². The molecule has 4 aromatic rings. The lowest BCUT2D eigenvalue weighted by Gasteiger charge is -2.09. The molecule has 0 aliphatic carbocycles. The molecule has 0 amide bonds. The quantitative estimate of drug-likeness (QED) is 0.174. The summed E-state index contributed by atoms with van der Waals surface area (Å²) in [6, 6.07) is 15.0. The smallest absolute Gasteiger partial charge is 0.379 e. The van der Waals surface area contributed by atoms with Crippen molar-refractivity contribution in [1.82, 2.24) is 0 Å². The topological polar surface area (TPSA) is 75.0 Å². The minimum absolute atomic E-state index is 0.0226. The second kappa shape index (κ2) is 8.56. The van der Waals surface area contributed by atoms with Crippen LogP contribution in [-0.4, -0.2) is 18.9 Å². The Labute approximate surface area is 204 Å². The Morgan fingerprint density at radius 1 is 1.03 bits per heavy atom. The Balaban J connectivity index is 1.43. The first kappa shape index (κ1) is 22.1. The summed E-state index contributed by atoms with van der Waals surface area (Å²) >= 11 is 12.2. The van der Waals surface area contributed by atoms with Crippen LogP contribution >= 0.6 is 23.2 Å². The van der Waals surface area contributed by atoms with E-state index in [-0.39, 0.29) is 23.1 Å². The largest absolute Gasteiger partial charge is 0.493 e. The Hall–Kier alpha value is -3.74. The summed E-state index contributed by atoms with van der Waals surface area (Å²) in [5, 5.41) is 1.59. The molecule has 0 bridgehead atoms. The number of furan rings is 1. The fraction of sp³-hybridized carbons (Fsp3) is 0.0769. The number of hydrogen-bond acceptors (Lipinski definition) is 6. The third-order valence-corrected chi connectivity index (χ3v) is 5.98. The van der Waals surface area contributed by atoms with Crippen molar-refractivity contribution in [2.45, 2.75) is 6.92 Å². The summed E-state index contributed by atoms with van der Waals surface area (Å²) in [4.78, 5) is 25.6. The lowest BCUT2D eigenvalue weighted by atomic mass is 10.1. The first-order valence-electron chi connectivity index (χ1n) is 10.2. The number of Topliss-reactive ketones (excluding diaryl/α,β-unsaturated/α-hetero) is 1. The van der Waals surface area contributed by atoms with Gasteiger partial charge in [-0.15, -0.1) is 0 Å². The Bertz CT molecular complexity index is 1520. The van der Waals surface area contributed by atoms with Gasteiger partial charge in [0.2, 0.25) is 11.5 Å². The predicted molar refractivity (Wildman–Crippen MR) is 128 cm³/mol. The van der Waals surface area contributed by atoms with E-state index < -0.39 is 5.97 Å². The molecule has 8 heteroatoms. The maximum absolute atomic E-state index is 12.8. The van der Waals surface area contributed by atoms with Gasteiger partial charge in [-0.25, -0.2) is 4.79 Å². The zero-order valence-corrected chi connectivity index (χ0v) is 19.5. The van der Waals surface area contributed by atoms with Gasteiger partial charge in [0.1, 0.15) is 11.5 Å². The molecule has 0 saturated heterocycles. The Morgan fingerprint density at radius 2 is 1.85 bits per heavy atom. The van der Waals surface area contributed by atoms with Gasteiger partial charge in [-0.1, -0.05) is 41.4 Å². The molecule has 3 aromatic carbocycles. The predicted octanol–water partition coefficient (Wildman–Crippen LogP) is 6.89. The van der Waals surface area contributed by atoms with Crippen LogP contribution in [0, 0.1) is 6.92 Å². The van der Waals surface area contributed by atoms with Crippen LogP contribution < -0.4 is 14.2 Å². The van der Waals surface area contributed by atoms with Gasteiger partial charge in [-0.05, 0) is 55.0 Å². The third-order valence-electron chi connectivity index (χ3n) is 5.42. The molecule has 1 aromatic heterocycles. The summed E-state index contributed by atoms with van der Waals surface area (Å²) in [6.45, 7) is 1.70. The molecule has 2 heterocycles. The number of esters is 1. The summed E-state index contributed by atoms with van der Waals surface area (Å²) in [7, 11) is 1.52. The summed E-state index contributed by atoms with van der Waals surface area (Å²) in [6.07, 6.45) is 1.55. The lowest BCUT2D eigenvalue weighted by molar-refractivity contribution is 0.0702. The van der Waals surface area contributed by atoms with Crippen LogP contribution in [0.2, 0.25) is 10.0 Å². The van der Waals surface area contributed by atoms with E-state index in [1.54, 1.807) is 67.6 Å². The van der Waals surface area contributed by atoms with Gasteiger partial charge in [0.25, 0.3) is 0 Å². The van der Waals surface area contributed by atoms with Crippen molar-refractivity contribution < 1.29 is 28.2 Å². The summed E-state index contributed by atoms with van der Waals surface area (Å²) < 4.78 is 22.3. The fourth-order valence-corrected chi connectivity index (χ4v) is 4.15. The van der Waals surface area contributed by atoms with Gasteiger partial charge >= 0.3 is 5.97 Å². The van der Waals surface area contributed by atoms with Gasteiger partial charge in [0.05, 0.1) is 12.7 Å². The number of ketones is 1. The monoisotopic (exact) mass is 494 g/mol. The van der Waals surface area contributed by atoms with E-state index in [9.17, 15) is 9.59 Å². The average molecular weight is 495 g/mol. The number of halogens is 2. The van der Waals surface area contributed by atoms with E-state index in [2.05, 4.69) is 0 Å². The standard InChI is InChI=1S/C26H16Cl2O6/c1-13-19(34-26(30)22-11-15-4-3-5-20(31-2)25(15)33-22)9-8-17-23(29)21(32-24(13)17)10-14-6-7-16(27)12-18(14)28/h3-12H,1-2H3/b21-10-. The van der Waals surface area contributed by atoms with Crippen LogP contribution in [0.3, 0.4) is 0 Å². The maximum atomic E-state index is 12.8. The van der Waals surface area contributed by atoms with Crippen LogP contribution in [0.15, 0.2) is 64.8 Å². The highest BCUT2D eigenvalue weighted by atomic mass is 35.5. The normalized spacial score (nSPS) is 13.8. The molecule has 5 rings (SSSR count). The summed E-state index contributed by atoms with van der Waals surface area (Å²) in [5.41, 5.74) is 1.90. The highest BCUT2D eigenvalue weighted by Gasteiger charge is 2.31. The first-order chi connectivity index (χ1) is 16.4. The third kappa shape index (κ3) is 3.81. The van der Waals surface area contributed by atoms with Crippen LogP contribution in [0.4, 0.5) is 0 Å². The van der Waals surface area contributed by atoms with Crippen LogP contribution in [-0.2, 0) is 0 Å². The lowest BCUT2D eigenvalue weighted by Crippen LogP contribution is -2.08. The van der Waals surface area contributed by atoms with Crippen LogP contribution in [0.1, 0.15) is 32.0 Å². The summed E-state index contributed by atoms with van der Waals surface area (Å²) in [5.74, 6) is 0.218. The van der Waals surface area contributed by atoms with Gasteiger partial charge < -0.3 is 18.6 Å². The second-order valence-electron chi connectivity index (χ2n) is 7.55. The number of carbonyl (C=O) groups excluding carboxylic acids is 2. The number of para-hydroxylation sites is 1. The van der Waals surface area contributed by atoms with Crippen molar-refractivity contribution in [1.29, 1.82) is 0 Å². The first-order valence-corrected chi connectivity index (χ1v) is 10.9. The van der Waals surface area contributed by atoms with Crippen molar-refractivity contribution in [3.63, 3.8) is 0 Å². The van der Waals surface area contributed by atoms with Gasteiger partial charge in [-0.2, -0.15) is 0 Å². The molecule has 1 aliphatic rings. The molecular weight excluding hydrogens is 479 g/mol. The molecule has 6 nitrogen and oxygen atoms in total. The minimum atomic E-state index is -0.686. The number of rotatable bonds is 4. The highest BCUT2D eigenvalue weighted by molar-refractivity contribution is 6.35. The number of ether oxygens (including phenoxy) is 3. The van der Waals surface area contributed by atoms with Gasteiger partial charge in [-0.3, -0.25) is 4.79 Å². The van der Waals surface area contributed by atoms with Crippen LogP contribution in [0.5, 0.6) is 17.2 Å². The molecule has 0 unspecified atom stereocenters. The number of allylic oxidation sites excluding steroid dienone is 1. The SMILES string of the molecule is COc1cccc2cc(C(=O)Oc3ccc4c(c3C)O/C(=C\c3ccc(Cl)cc3Cl)C4=O)oc12. The second-order valence-corrected chi connectivity index (χ2v) is 8.39. The number of carbonyl (C=O) groups is 2. The molecule has 0 saturated carbocycles. The highest BCUT2D eigenvalue weighted by Crippen LogP contribution is 2.40. The zero-order valence-electron chi connectivity index (χ0n) is 18.0. The molecule has 170 valence electrons. The minimum Gasteiger partial charge on any atom is -0.493 e. The molecule has 0 radical (unpaired) electrons. The molecule has 0 spiro atoms. The van der Waals surface area contributed by atoms with Crippen molar-refractivity contribution >= 4 is 52.0 Å². The molecule has 34 heavy (non-hydrogen) atoms. The van der Waals surface area contributed by atoms with Crippen molar-refractivity contribution in [2.75, 3.05) is 7.11 Å². The molecular formula is C26H16Cl2O6. The number of methoxy groups -OCH3 is 1. The van der Waals surface area contributed by atoms with Gasteiger partial charge in [0, 0.05) is 21.0 Å². The van der Waals surface area contributed by atoms with Gasteiger partial charge in [0.15, 0.2) is 17.1 Å². The number of hydrogen-bond donors (Lipinski definition) is 0. The van der Waals surface area contributed by atoms with Crippen molar-refractivity contribution in [2.24, 2.45) is 0 Å². The van der Waals surface area contributed by atoms with E-state index in [0.717, 1.165) is 0 Å². The number of benzene rings is 3. The maximum Gasteiger partial charge on any atom is 0.379 e. The molecule has 1 aliphatic heterocycles. The van der Waals surface area contributed by atoms with E-state index >= 15 is 0 Å². The Morgan fingerprint density at radius 3 is 2.62 bits per heavy atom. The molecule has 0 atom stereocenters. The molecule has 0 N–H and O–H groups in total. The van der Waals surface area contributed by atoms with Crippen molar-refractivity contribution in [3.8, 4) is 17.2 Å². The van der Waals surface area contributed by atoms with E-state index in [1.165, 1.54) is 7.11 Å². The van der Waals surface area contributed by atoms with Crippen molar-refractivity contribution in [3.05, 3.63) is 92.9 Å². The molecule has 0 fully saturated rings.